The molecule has 2 atom stereocenters. The Morgan fingerprint density at radius 2 is 2.06 bits per heavy atom. The summed E-state index contributed by atoms with van der Waals surface area (Å²) in [6.07, 6.45) is 2.71. The lowest BCUT2D eigenvalue weighted by atomic mass is 10.0. The van der Waals surface area contributed by atoms with Crippen molar-refractivity contribution in [1.82, 2.24) is 25.2 Å². The van der Waals surface area contributed by atoms with E-state index in [0.717, 1.165) is 50.3 Å². The number of fused-ring (bicyclic) bond motifs is 1. The Labute approximate surface area is 195 Å². The normalized spacial score (nSPS) is 19.9. The second-order valence-corrected chi connectivity index (χ2v) is 9.28. The lowest BCUT2D eigenvalue weighted by Gasteiger charge is -2.36. The number of likely N-dealkylation sites (tertiary alicyclic amines) is 1. The van der Waals surface area contributed by atoms with Crippen molar-refractivity contribution in [3.63, 3.8) is 0 Å². The van der Waals surface area contributed by atoms with Gasteiger partial charge in [0, 0.05) is 29.6 Å². The van der Waals surface area contributed by atoms with Crippen molar-refractivity contribution in [3.05, 3.63) is 51.1 Å². The lowest BCUT2D eigenvalue weighted by molar-refractivity contribution is 0.396. The van der Waals surface area contributed by atoms with Gasteiger partial charge in [0.05, 0.1) is 22.4 Å². The van der Waals surface area contributed by atoms with E-state index >= 15 is 0 Å². The molecule has 0 aliphatic carbocycles. The molecule has 32 heavy (non-hydrogen) atoms. The molecule has 1 aromatic carbocycles. The smallest absolute Gasteiger partial charge is 0.278 e. The maximum atomic E-state index is 14.2. The van der Waals surface area contributed by atoms with E-state index in [2.05, 4.69) is 37.2 Å². The number of aryl methyl sites for hydroxylation is 1. The molecule has 3 aromatic rings. The molecule has 7 nitrogen and oxygen atoms in total. The molecule has 0 spiro atoms. The van der Waals surface area contributed by atoms with Gasteiger partial charge in [0.1, 0.15) is 5.82 Å². The molecule has 4 heterocycles. The van der Waals surface area contributed by atoms with Crippen molar-refractivity contribution in [2.24, 2.45) is 0 Å². The van der Waals surface area contributed by atoms with Crippen LogP contribution in [0.2, 0.25) is 10.0 Å². The van der Waals surface area contributed by atoms with Gasteiger partial charge >= 0.3 is 0 Å². The van der Waals surface area contributed by atoms with Crippen LogP contribution in [0.1, 0.15) is 48.8 Å². The molecule has 5 rings (SSSR count). The van der Waals surface area contributed by atoms with Gasteiger partial charge in [0.25, 0.3) is 5.89 Å². The van der Waals surface area contributed by atoms with Gasteiger partial charge in [-0.2, -0.15) is 10.1 Å². The lowest BCUT2D eigenvalue weighted by Crippen LogP contribution is -2.33. The minimum Gasteiger partial charge on any atom is -0.363 e. The number of hydrogen-bond donors (Lipinski definition) is 0. The highest BCUT2D eigenvalue weighted by Crippen LogP contribution is 2.40. The summed E-state index contributed by atoms with van der Waals surface area (Å²) in [4.78, 5) is 8.98. The van der Waals surface area contributed by atoms with Gasteiger partial charge in [-0.1, -0.05) is 28.4 Å². The fourth-order valence-corrected chi connectivity index (χ4v) is 5.30. The van der Waals surface area contributed by atoms with E-state index in [9.17, 15) is 4.39 Å². The summed E-state index contributed by atoms with van der Waals surface area (Å²) in [5.41, 5.74) is 2.84. The Balaban J connectivity index is 1.48. The van der Waals surface area contributed by atoms with Gasteiger partial charge in [-0.25, -0.2) is 4.39 Å². The first kappa shape index (κ1) is 21.6. The van der Waals surface area contributed by atoms with Gasteiger partial charge in [-0.05, 0) is 58.0 Å². The van der Waals surface area contributed by atoms with Gasteiger partial charge in [0.15, 0.2) is 11.5 Å². The zero-order valence-corrected chi connectivity index (χ0v) is 19.4. The Morgan fingerprint density at radius 3 is 2.84 bits per heavy atom. The van der Waals surface area contributed by atoms with E-state index in [1.807, 2.05) is 13.0 Å². The number of benzene rings is 1. The molecule has 2 aliphatic rings. The highest BCUT2D eigenvalue weighted by atomic mass is 35.5. The number of anilines is 1. The first-order valence-corrected chi connectivity index (χ1v) is 11.5. The standard InChI is InChI=1S/C22H23Cl2FN6O/c1-12(19-14(23)5-6-15(25)20(19)24)31-8-3-4-16-18(31)10-17(28-27-16)22-26-21(29-32-22)13-7-9-30(2)11-13/h5-6,10,12-13H,3-4,7-9,11H2,1-2H3/t12-,13?/m1/s1. The summed E-state index contributed by atoms with van der Waals surface area (Å²) in [6, 6.07) is 4.48. The van der Waals surface area contributed by atoms with Gasteiger partial charge in [0.2, 0.25) is 0 Å². The zero-order valence-electron chi connectivity index (χ0n) is 17.9. The van der Waals surface area contributed by atoms with Crippen molar-refractivity contribution in [2.75, 3.05) is 31.6 Å². The summed E-state index contributed by atoms with van der Waals surface area (Å²) in [7, 11) is 2.09. The molecule has 1 unspecified atom stereocenters. The summed E-state index contributed by atoms with van der Waals surface area (Å²) in [5, 5.41) is 13.4. The third-order valence-corrected chi connectivity index (χ3v) is 7.07. The minimum absolute atomic E-state index is 0.0439. The van der Waals surface area contributed by atoms with E-state index in [4.69, 9.17) is 27.7 Å². The highest BCUT2D eigenvalue weighted by molar-refractivity contribution is 6.36. The topological polar surface area (TPSA) is 71.2 Å². The molecule has 2 aliphatic heterocycles. The summed E-state index contributed by atoms with van der Waals surface area (Å²) >= 11 is 12.7. The van der Waals surface area contributed by atoms with E-state index < -0.39 is 5.82 Å². The molecule has 168 valence electrons. The molecule has 0 radical (unpaired) electrons. The van der Waals surface area contributed by atoms with Crippen LogP contribution >= 0.6 is 23.2 Å². The van der Waals surface area contributed by atoms with E-state index in [1.165, 1.54) is 12.1 Å². The molecule has 2 aromatic heterocycles. The third kappa shape index (κ3) is 3.84. The van der Waals surface area contributed by atoms with Gasteiger partial charge in [-0.3, -0.25) is 0 Å². The number of hydrogen-bond acceptors (Lipinski definition) is 7. The van der Waals surface area contributed by atoms with Crippen LogP contribution in [0.5, 0.6) is 0 Å². The number of aromatic nitrogens is 4. The van der Waals surface area contributed by atoms with Crippen LogP contribution in [0.3, 0.4) is 0 Å². The Bertz CT molecular complexity index is 1160. The SMILES string of the molecule is C[C@H](c1c(Cl)ccc(F)c1Cl)N1CCCc2nnc(-c3nc(C4CCN(C)C4)no3)cc21. The third-order valence-electron chi connectivity index (χ3n) is 6.35. The van der Waals surface area contributed by atoms with Crippen LogP contribution in [-0.4, -0.2) is 51.9 Å². The number of nitrogens with zero attached hydrogens (tertiary/aromatic N) is 6. The van der Waals surface area contributed by atoms with Crippen LogP contribution in [0.4, 0.5) is 10.1 Å². The quantitative estimate of drug-likeness (QED) is 0.495. The van der Waals surface area contributed by atoms with Crippen LogP contribution in [0, 0.1) is 5.82 Å². The Morgan fingerprint density at radius 1 is 1.22 bits per heavy atom. The Kier molecular flexibility index (Phi) is 5.77. The fraction of sp³-hybridized carbons (Fsp3) is 0.455. The van der Waals surface area contributed by atoms with Crippen molar-refractivity contribution in [1.29, 1.82) is 0 Å². The average molecular weight is 477 g/mol. The van der Waals surface area contributed by atoms with Crippen LogP contribution in [0.15, 0.2) is 22.7 Å². The Hall–Kier alpha value is -2.29. The number of halogens is 3. The first-order chi connectivity index (χ1) is 15.4. The van der Waals surface area contributed by atoms with E-state index in [-0.39, 0.29) is 17.0 Å². The molecule has 1 saturated heterocycles. The van der Waals surface area contributed by atoms with Crippen LogP contribution in [0.25, 0.3) is 11.6 Å². The second kappa shape index (κ2) is 8.57. The molecule has 0 saturated carbocycles. The predicted molar refractivity (Wildman–Crippen MR) is 121 cm³/mol. The molecule has 0 N–H and O–H groups in total. The van der Waals surface area contributed by atoms with Gasteiger partial charge < -0.3 is 14.3 Å². The molecule has 0 amide bonds. The van der Waals surface area contributed by atoms with E-state index in [0.29, 0.717) is 28.0 Å². The number of rotatable bonds is 4. The molecular formula is C22H23Cl2FN6O. The van der Waals surface area contributed by atoms with Crippen molar-refractivity contribution < 1.29 is 8.91 Å². The maximum Gasteiger partial charge on any atom is 0.278 e. The van der Waals surface area contributed by atoms with Crippen LogP contribution in [-0.2, 0) is 6.42 Å². The largest absolute Gasteiger partial charge is 0.363 e. The highest BCUT2D eigenvalue weighted by Gasteiger charge is 2.30. The van der Waals surface area contributed by atoms with Crippen molar-refractivity contribution >= 4 is 28.9 Å². The van der Waals surface area contributed by atoms with Gasteiger partial charge in [-0.15, -0.1) is 5.10 Å². The molecule has 1 fully saturated rings. The molecular weight excluding hydrogens is 454 g/mol. The summed E-state index contributed by atoms with van der Waals surface area (Å²) in [6.45, 7) is 4.65. The van der Waals surface area contributed by atoms with Crippen molar-refractivity contribution in [2.45, 2.75) is 38.1 Å². The second-order valence-electron chi connectivity index (χ2n) is 8.50. The van der Waals surface area contributed by atoms with E-state index in [1.54, 1.807) is 0 Å². The molecule has 10 heteroatoms. The summed E-state index contributed by atoms with van der Waals surface area (Å²) in [5.74, 6) is 0.828. The fourth-order valence-electron chi connectivity index (χ4n) is 4.61. The first-order valence-electron chi connectivity index (χ1n) is 10.7. The average Bonchev–Trinajstić information content (AvgIpc) is 3.45. The minimum atomic E-state index is -0.486. The maximum absolute atomic E-state index is 14.2. The van der Waals surface area contributed by atoms with Crippen molar-refractivity contribution in [3.8, 4) is 11.6 Å². The monoisotopic (exact) mass is 476 g/mol. The number of likely N-dealkylation sites (N-methyl/N-ethyl adjacent to an activating group) is 1. The summed E-state index contributed by atoms with van der Waals surface area (Å²) < 4.78 is 19.7. The van der Waals surface area contributed by atoms with Crippen LogP contribution < -0.4 is 4.90 Å². The molecule has 0 bridgehead atoms. The zero-order chi connectivity index (χ0) is 22.4. The predicted octanol–water partition coefficient (Wildman–Crippen LogP) is 4.91.